The van der Waals surface area contributed by atoms with Gasteiger partial charge in [0.15, 0.2) is 0 Å². The second kappa shape index (κ2) is 15.7. The van der Waals surface area contributed by atoms with Gasteiger partial charge in [-0.2, -0.15) is 0 Å². The predicted molar refractivity (Wildman–Crippen MR) is 197 cm³/mol. The van der Waals surface area contributed by atoms with Crippen LogP contribution in [0.3, 0.4) is 0 Å². The molecule has 0 aliphatic carbocycles. The number of ether oxygens (including phenoxy) is 2. The molecule has 3 aromatic carbocycles. The lowest BCUT2D eigenvalue weighted by atomic mass is 9.98. The Morgan fingerprint density at radius 1 is 0.941 bits per heavy atom. The standard InChI is InChI=1S/C39H44ClN5O6/c1-24-12-6-8-14-27(24)28-21-34(50-5)29(20-30(28)40)37(48)45-23-26-17-18-33(44(26)22-25-13-7-9-16-32(25)45)36(47)43-31(35(41)46)15-10-11-19-42-38(49)51-39(2,3)4/h6-9,12-14,16-18,20-21,31H,10-11,15,19,22-23H2,1-5H3,(H2,41,46)(H,42,49)(H,43,47)/t31-/m0/s1. The number of fused-ring (bicyclic) bond motifs is 2. The van der Waals surface area contributed by atoms with Crippen molar-refractivity contribution in [3.8, 4) is 16.9 Å². The van der Waals surface area contributed by atoms with Gasteiger partial charge in [0.1, 0.15) is 23.1 Å². The summed E-state index contributed by atoms with van der Waals surface area (Å²) in [5, 5.41) is 5.89. The number of nitrogens with two attached hydrogens (primary N) is 1. The Hall–Kier alpha value is -5.29. The molecule has 4 amide bonds. The predicted octanol–water partition coefficient (Wildman–Crippen LogP) is 6.61. The summed E-state index contributed by atoms with van der Waals surface area (Å²) < 4.78 is 12.8. The van der Waals surface area contributed by atoms with Crippen LogP contribution in [-0.4, -0.2) is 53.7 Å². The average molecular weight is 714 g/mol. The zero-order chi connectivity index (χ0) is 36.9. The highest BCUT2D eigenvalue weighted by Crippen LogP contribution is 2.38. The van der Waals surface area contributed by atoms with Gasteiger partial charge in [0.25, 0.3) is 11.8 Å². The number of para-hydroxylation sites is 1. The fraction of sp³-hybridized carbons (Fsp3) is 0.333. The van der Waals surface area contributed by atoms with Gasteiger partial charge in [0.2, 0.25) is 5.91 Å². The number of rotatable bonds is 11. The van der Waals surface area contributed by atoms with Gasteiger partial charge in [-0.3, -0.25) is 14.4 Å². The van der Waals surface area contributed by atoms with Crippen molar-refractivity contribution in [3.05, 3.63) is 106 Å². The molecule has 12 heteroatoms. The Kier molecular flexibility index (Phi) is 11.4. The molecule has 5 rings (SSSR count). The first-order chi connectivity index (χ1) is 24.3. The molecule has 1 atom stereocenters. The van der Waals surface area contributed by atoms with Gasteiger partial charge in [-0.15, -0.1) is 0 Å². The van der Waals surface area contributed by atoms with Crippen LogP contribution in [0.2, 0.25) is 5.02 Å². The number of anilines is 1. The van der Waals surface area contributed by atoms with E-state index < -0.39 is 29.6 Å². The highest BCUT2D eigenvalue weighted by Gasteiger charge is 2.30. The molecule has 0 unspecified atom stereocenters. The number of carbonyl (C=O) groups excluding carboxylic acids is 4. The number of primary amides is 1. The summed E-state index contributed by atoms with van der Waals surface area (Å²) in [7, 11) is 1.52. The van der Waals surface area contributed by atoms with Crippen LogP contribution < -0.4 is 26.0 Å². The molecule has 0 saturated heterocycles. The van der Waals surface area contributed by atoms with E-state index in [1.807, 2.05) is 60.0 Å². The number of halogens is 1. The van der Waals surface area contributed by atoms with Crippen LogP contribution in [0.5, 0.6) is 5.75 Å². The second-order valence-electron chi connectivity index (χ2n) is 13.5. The van der Waals surface area contributed by atoms with Crippen molar-refractivity contribution in [2.24, 2.45) is 5.73 Å². The summed E-state index contributed by atoms with van der Waals surface area (Å²) in [5.41, 5.74) is 10.7. The van der Waals surface area contributed by atoms with Crippen LogP contribution >= 0.6 is 11.6 Å². The third-order valence-electron chi connectivity index (χ3n) is 8.67. The number of nitrogens with one attached hydrogen (secondary N) is 2. The summed E-state index contributed by atoms with van der Waals surface area (Å²) in [6, 6.07) is 21.4. The topological polar surface area (TPSA) is 145 Å². The molecule has 51 heavy (non-hydrogen) atoms. The van der Waals surface area contributed by atoms with Crippen molar-refractivity contribution in [1.82, 2.24) is 15.2 Å². The van der Waals surface area contributed by atoms with Gasteiger partial charge < -0.3 is 35.3 Å². The number of hydrogen-bond acceptors (Lipinski definition) is 6. The van der Waals surface area contributed by atoms with E-state index in [-0.39, 0.29) is 12.5 Å². The van der Waals surface area contributed by atoms with Crippen LogP contribution in [0.15, 0.2) is 72.8 Å². The smallest absolute Gasteiger partial charge is 0.407 e. The van der Waals surface area contributed by atoms with Crippen molar-refractivity contribution in [1.29, 1.82) is 0 Å². The second-order valence-corrected chi connectivity index (χ2v) is 13.9. The number of unbranched alkanes of at least 4 members (excludes halogenated alkanes) is 1. The maximum Gasteiger partial charge on any atom is 0.407 e. The van der Waals surface area contributed by atoms with Gasteiger partial charge >= 0.3 is 6.09 Å². The van der Waals surface area contributed by atoms with Crippen LogP contribution in [-0.2, 0) is 22.6 Å². The molecule has 2 heterocycles. The van der Waals surface area contributed by atoms with Crippen LogP contribution in [0, 0.1) is 6.92 Å². The lowest BCUT2D eigenvalue weighted by molar-refractivity contribution is -0.120. The number of nitrogens with zero attached hydrogens (tertiary/aromatic N) is 2. The van der Waals surface area contributed by atoms with E-state index in [0.29, 0.717) is 60.1 Å². The van der Waals surface area contributed by atoms with Gasteiger partial charge in [-0.1, -0.05) is 54.1 Å². The molecule has 0 radical (unpaired) electrons. The lowest BCUT2D eigenvalue weighted by Crippen LogP contribution is -2.45. The molecular weight excluding hydrogens is 670 g/mol. The largest absolute Gasteiger partial charge is 0.496 e. The van der Waals surface area contributed by atoms with Crippen molar-refractivity contribution in [2.45, 2.75) is 71.7 Å². The third-order valence-corrected chi connectivity index (χ3v) is 8.98. The first-order valence-corrected chi connectivity index (χ1v) is 17.2. The molecule has 4 N–H and O–H groups in total. The first-order valence-electron chi connectivity index (χ1n) is 16.9. The SMILES string of the molecule is COc1cc(-c2ccccc2C)c(Cl)cc1C(=O)N1Cc2ccc(C(=O)N[C@@H](CCCCNC(=O)OC(C)(C)C)C(N)=O)n2Cc2ccccc21. The molecular formula is C39H44ClN5O6. The molecule has 0 fully saturated rings. The normalized spacial score (nSPS) is 12.9. The van der Waals surface area contributed by atoms with E-state index in [4.69, 9.17) is 26.8 Å². The summed E-state index contributed by atoms with van der Waals surface area (Å²) in [4.78, 5) is 53.9. The summed E-state index contributed by atoms with van der Waals surface area (Å²) in [5.74, 6) is -1.05. The summed E-state index contributed by atoms with van der Waals surface area (Å²) >= 11 is 6.81. The minimum absolute atomic E-state index is 0.160. The zero-order valence-corrected chi connectivity index (χ0v) is 30.3. The number of aryl methyl sites for hydroxylation is 1. The molecule has 0 saturated carbocycles. The zero-order valence-electron chi connectivity index (χ0n) is 29.5. The third kappa shape index (κ3) is 8.72. The molecule has 268 valence electrons. The monoisotopic (exact) mass is 713 g/mol. The Morgan fingerprint density at radius 3 is 2.37 bits per heavy atom. The fourth-order valence-corrected chi connectivity index (χ4v) is 6.42. The fourth-order valence-electron chi connectivity index (χ4n) is 6.15. The van der Waals surface area contributed by atoms with Gasteiger partial charge in [-0.05, 0) is 94.0 Å². The Bertz CT molecular complexity index is 1950. The number of alkyl carbamates (subject to hydrolysis) is 1. The number of methoxy groups -OCH3 is 1. The van der Waals surface area contributed by atoms with Crippen LogP contribution in [0.1, 0.15) is 77.7 Å². The average Bonchev–Trinajstić information content (AvgIpc) is 3.39. The quantitative estimate of drug-likeness (QED) is 0.149. The Balaban J connectivity index is 1.34. The van der Waals surface area contributed by atoms with E-state index in [1.54, 1.807) is 49.9 Å². The molecule has 0 spiro atoms. The lowest BCUT2D eigenvalue weighted by Gasteiger charge is -2.24. The van der Waals surface area contributed by atoms with E-state index in [0.717, 1.165) is 27.9 Å². The molecule has 1 aliphatic rings. The Labute approximate surface area is 303 Å². The summed E-state index contributed by atoms with van der Waals surface area (Å²) in [6.07, 6.45) is 0.866. The first kappa shape index (κ1) is 37.0. The highest BCUT2D eigenvalue weighted by atomic mass is 35.5. The van der Waals surface area contributed by atoms with Gasteiger partial charge in [0, 0.05) is 28.5 Å². The minimum Gasteiger partial charge on any atom is -0.496 e. The maximum atomic E-state index is 14.4. The van der Waals surface area contributed by atoms with E-state index in [9.17, 15) is 19.2 Å². The van der Waals surface area contributed by atoms with Gasteiger partial charge in [0.05, 0.1) is 25.8 Å². The summed E-state index contributed by atoms with van der Waals surface area (Å²) in [6.45, 7) is 8.17. The van der Waals surface area contributed by atoms with Crippen molar-refractivity contribution < 1.29 is 28.7 Å². The number of carbonyl (C=O) groups is 4. The number of hydrogen-bond donors (Lipinski definition) is 3. The van der Waals surface area contributed by atoms with E-state index >= 15 is 0 Å². The molecule has 0 bridgehead atoms. The minimum atomic E-state index is -0.916. The molecule has 11 nitrogen and oxygen atoms in total. The molecule has 1 aromatic heterocycles. The number of aromatic nitrogens is 1. The van der Waals surface area contributed by atoms with Crippen LogP contribution in [0.4, 0.5) is 10.5 Å². The Morgan fingerprint density at radius 2 is 1.67 bits per heavy atom. The van der Waals surface area contributed by atoms with Crippen molar-refractivity contribution >= 4 is 41.1 Å². The van der Waals surface area contributed by atoms with E-state index in [1.165, 1.54) is 7.11 Å². The maximum absolute atomic E-state index is 14.4. The van der Waals surface area contributed by atoms with Gasteiger partial charge in [-0.25, -0.2) is 4.79 Å². The van der Waals surface area contributed by atoms with E-state index in [2.05, 4.69) is 10.6 Å². The highest BCUT2D eigenvalue weighted by molar-refractivity contribution is 6.34. The molecule has 4 aromatic rings. The molecule has 1 aliphatic heterocycles. The number of benzene rings is 3. The van der Waals surface area contributed by atoms with Crippen molar-refractivity contribution in [3.63, 3.8) is 0 Å². The van der Waals surface area contributed by atoms with Crippen LogP contribution in [0.25, 0.3) is 11.1 Å². The van der Waals surface area contributed by atoms with Crippen molar-refractivity contribution in [2.75, 3.05) is 18.6 Å². The number of amides is 4.